The summed E-state index contributed by atoms with van der Waals surface area (Å²) in [5.41, 5.74) is 0.758. The van der Waals surface area contributed by atoms with E-state index < -0.39 is 17.7 Å². The molecule has 2 fully saturated rings. The van der Waals surface area contributed by atoms with Gasteiger partial charge in [-0.3, -0.25) is 14.6 Å². The molecule has 1 aliphatic heterocycles. The van der Waals surface area contributed by atoms with Gasteiger partial charge in [-0.15, -0.1) is 0 Å². The average Bonchev–Trinajstić information content (AvgIpc) is 3.28. The fourth-order valence-electron chi connectivity index (χ4n) is 5.15. The Labute approximate surface area is 193 Å². The van der Waals surface area contributed by atoms with E-state index in [1.165, 1.54) is 10.5 Å². The van der Waals surface area contributed by atoms with Crippen molar-refractivity contribution in [2.24, 2.45) is 11.8 Å². The fourth-order valence-corrected chi connectivity index (χ4v) is 5.15. The van der Waals surface area contributed by atoms with E-state index in [-0.39, 0.29) is 11.9 Å². The Kier molecular flexibility index (Phi) is 8.21. The molecule has 4 atom stereocenters. The number of nitrogens with zero attached hydrogens (tertiary/aromatic N) is 2. The Balaban J connectivity index is 1.60. The highest BCUT2D eigenvalue weighted by molar-refractivity contribution is 5.85. The van der Waals surface area contributed by atoms with E-state index in [4.69, 9.17) is 4.74 Å². The van der Waals surface area contributed by atoms with E-state index in [1.807, 2.05) is 20.8 Å². The van der Waals surface area contributed by atoms with E-state index in [0.29, 0.717) is 18.3 Å². The van der Waals surface area contributed by atoms with Crippen molar-refractivity contribution >= 4 is 12.0 Å². The van der Waals surface area contributed by atoms with Crippen LogP contribution in [0.4, 0.5) is 4.79 Å². The van der Waals surface area contributed by atoms with Gasteiger partial charge in [-0.05, 0) is 57.4 Å². The summed E-state index contributed by atoms with van der Waals surface area (Å²) in [7, 11) is 1.68. The third kappa shape index (κ3) is 6.47. The number of amides is 2. The summed E-state index contributed by atoms with van der Waals surface area (Å²) >= 11 is 0. The first-order valence-corrected chi connectivity index (χ1v) is 12.2. The summed E-state index contributed by atoms with van der Waals surface area (Å²) in [5, 5.41) is 3.33. The molecule has 0 spiro atoms. The first-order chi connectivity index (χ1) is 15.2. The minimum absolute atomic E-state index is 0.0426. The largest absolute Gasteiger partial charge is 0.444 e. The summed E-state index contributed by atoms with van der Waals surface area (Å²) < 4.78 is 5.52. The van der Waals surface area contributed by atoms with Crippen LogP contribution in [0.3, 0.4) is 0 Å². The predicted molar refractivity (Wildman–Crippen MR) is 127 cm³/mol. The monoisotopic (exact) mass is 443 g/mol. The number of hydrogen-bond acceptors (Lipinski definition) is 4. The van der Waals surface area contributed by atoms with Gasteiger partial charge in [-0.2, -0.15) is 0 Å². The molecule has 6 nitrogen and oxygen atoms in total. The Morgan fingerprint density at radius 2 is 1.91 bits per heavy atom. The van der Waals surface area contributed by atoms with E-state index in [0.717, 1.165) is 45.3 Å². The molecule has 6 heteroatoms. The number of likely N-dealkylation sites (N-methyl/N-ethyl adjacent to an activating group) is 1. The number of likely N-dealkylation sites (tertiary alicyclic amines) is 1. The lowest BCUT2D eigenvalue weighted by molar-refractivity contribution is -0.127. The van der Waals surface area contributed by atoms with E-state index in [9.17, 15) is 9.59 Å². The van der Waals surface area contributed by atoms with Gasteiger partial charge < -0.3 is 10.1 Å². The second kappa shape index (κ2) is 10.7. The van der Waals surface area contributed by atoms with Crippen LogP contribution in [0, 0.1) is 11.8 Å². The molecule has 32 heavy (non-hydrogen) atoms. The second-order valence-corrected chi connectivity index (χ2v) is 10.5. The summed E-state index contributed by atoms with van der Waals surface area (Å²) in [6.07, 6.45) is 4.27. The standard InChI is InChI=1S/C26H41N3O3/c1-6-7-13-23(28(5)25(31)32-26(2,3)4)24(30)27-22-15-14-20-17-29(18-21(20)22)16-19-11-9-8-10-12-19/h8-12,20-23H,6-7,13-18H2,1-5H3,(H,27,30)/t20-,21+,22+,23+/m1/s1. The molecule has 0 aromatic heterocycles. The van der Waals surface area contributed by atoms with Crippen LogP contribution >= 0.6 is 0 Å². The van der Waals surface area contributed by atoms with Gasteiger partial charge in [0.2, 0.25) is 5.91 Å². The number of unbranched alkanes of at least 4 members (excludes halogenated alkanes) is 1. The van der Waals surface area contributed by atoms with Crippen molar-refractivity contribution in [1.82, 2.24) is 15.1 Å². The second-order valence-electron chi connectivity index (χ2n) is 10.5. The number of carbonyl (C=O) groups excluding carboxylic acids is 2. The van der Waals surface area contributed by atoms with Crippen LogP contribution in [0.2, 0.25) is 0 Å². The van der Waals surface area contributed by atoms with Crippen molar-refractivity contribution in [1.29, 1.82) is 0 Å². The Morgan fingerprint density at radius 3 is 2.56 bits per heavy atom. The maximum Gasteiger partial charge on any atom is 0.410 e. The highest BCUT2D eigenvalue weighted by Gasteiger charge is 2.44. The summed E-state index contributed by atoms with van der Waals surface area (Å²) in [4.78, 5) is 29.9. The van der Waals surface area contributed by atoms with Crippen molar-refractivity contribution in [3.63, 3.8) is 0 Å². The number of carbonyl (C=O) groups is 2. The van der Waals surface area contributed by atoms with Crippen LogP contribution < -0.4 is 5.32 Å². The lowest BCUT2D eigenvalue weighted by atomic mass is 9.97. The normalized spacial score (nSPS) is 24.1. The van der Waals surface area contributed by atoms with Gasteiger partial charge in [0.05, 0.1) is 0 Å². The topological polar surface area (TPSA) is 61.9 Å². The van der Waals surface area contributed by atoms with Crippen molar-refractivity contribution in [2.75, 3.05) is 20.1 Å². The molecule has 1 aliphatic carbocycles. The SMILES string of the molecule is CCCC[C@@H](C(=O)N[C@H]1CC[C@@H]2CN(Cc3ccccc3)C[C@@H]21)N(C)C(=O)OC(C)(C)C. The molecule has 0 unspecified atom stereocenters. The van der Waals surface area contributed by atoms with Crippen molar-refractivity contribution in [2.45, 2.75) is 84.0 Å². The highest BCUT2D eigenvalue weighted by Crippen LogP contribution is 2.38. The summed E-state index contributed by atoms with van der Waals surface area (Å²) in [6, 6.07) is 10.3. The molecule has 1 heterocycles. The molecule has 3 rings (SSSR count). The van der Waals surface area contributed by atoms with Crippen LogP contribution in [-0.2, 0) is 16.1 Å². The molecule has 0 bridgehead atoms. The number of fused-ring (bicyclic) bond motifs is 1. The lowest BCUT2D eigenvalue weighted by Gasteiger charge is -2.31. The zero-order valence-corrected chi connectivity index (χ0v) is 20.5. The number of nitrogens with one attached hydrogen (secondary N) is 1. The van der Waals surface area contributed by atoms with Gasteiger partial charge in [0.25, 0.3) is 0 Å². The minimum Gasteiger partial charge on any atom is -0.444 e. The fraction of sp³-hybridized carbons (Fsp3) is 0.692. The lowest BCUT2D eigenvalue weighted by Crippen LogP contribution is -2.52. The molecule has 2 aliphatic rings. The van der Waals surface area contributed by atoms with Gasteiger partial charge in [0.15, 0.2) is 0 Å². The van der Waals surface area contributed by atoms with Gasteiger partial charge >= 0.3 is 6.09 Å². The first kappa shape index (κ1) is 24.6. The third-order valence-electron chi connectivity index (χ3n) is 6.79. The molecule has 2 amide bonds. The van der Waals surface area contributed by atoms with Crippen LogP contribution in [-0.4, -0.2) is 59.6 Å². The molecule has 0 radical (unpaired) electrons. The van der Waals surface area contributed by atoms with Crippen molar-refractivity contribution in [3.8, 4) is 0 Å². The Bertz CT molecular complexity index is 761. The summed E-state index contributed by atoms with van der Waals surface area (Å²) in [6.45, 7) is 10.7. The van der Waals surface area contributed by atoms with Crippen molar-refractivity contribution in [3.05, 3.63) is 35.9 Å². The maximum atomic E-state index is 13.3. The minimum atomic E-state index is -0.581. The molecule has 1 saturated heterocycles. The number of ether oxygens (including phenoxy) is 1. The summed E-state index contributed by atoms with van der Waals surface area (Å²) in [5.74, 6) is 1.09. The highest BCUT2D eigenvalue weighted by atomic mass is 16.6. The first-order valence-electron chi connectivity index (χ1n) is 12.2. The molecule has 1 aromatic rings. The zero-order chi connectivity index (χ0) is 23.3. The molecule has 1 saturated carbocycles. The van der Waals surface area contributed by atoms with Crippen LogP contribution in [0.15, 0.2) is 30.3 Å². The smallest absolute Gasteiger partial charge is 0.410 e. The quantitative estimate of drug-likeness (QED) is 0.645. The van der Waals surface area contributed by atoms with Gasteiger partial charge in [0, 0.05) is 32.7 Å². The van der Waals surface area contributed by atoms with Gasteiger partial charge in [-0.1, -0.05) is 50.1 Å². The third-order valence-corrected chi connectivity index (χ3v) is 6.79. The molecule has 1 N–H and O–H groups in total. The molecular weight excluding hydrogens is 402 g/mol. The predicted octanol–water partition coefficient (Wildman–Crippen LogP) is 4.44. The van der Waals surface area contributed by atoms with Crippen LogP contribution in [0.25, 0.3) is 0 Å². The van der Waals surface area contributed by atoms with E-state index >= 15 is 0 Å². The van der Waals surface area contributed by atoms with Gasteiger partial charge in [0.1, 0.15) is 11.6 Å². The zero-order valence-electron chi connectivity index (χ0n) is 20.5. The van der Waals surface area contributed by atoms with Gasteiger partial charge in [-0.25, -0.2) is 4.79 Å². The average molecular weight is 444 g/mol. The number of hydrogen-bond donors (Lipinski definition) is 1. The number of rotatable bonds is 8. The van der Waals surface area contributed by atoms with E-state index in [2.05, 4.69) is 47.5 Å². The Hall–Kier alpha value is -2.08. The van der Waals surface area contributed by atoms with Crippen LogP contribution in [0.5, 0.6) is 0 Å². The molecule has 178 valence electrons. The Morgan fingerprint density at radius 1 is 1.19 bits per heavy atom. The maximum absolute atomic E-state index is 13.3. The van der Waals surface area contributed by atoms with Crippen molar-refractivity contribution < 1.29 is 14.3 Å². The molecular formula is C26H41N3O3. The van der Waals surface area contributed by atoms with E-state index in [1.54, 1.807) is 7.05 Å². The molecule has 1 aromatic carbocycles. The number of benzene rings is 1. The van der Waals surface area contributed by atoms with Crippen LogP contribution in [0.1, 0.15) is 65.4 Å².